The molecule has 0 bridgehead atoms. The quantitative estimate of drug-likeness (QED) is 0.549. The van der Waals surface area contributed by atoms with Gasteiger partial charge < -0.3 is 4.90 Å². The minimum atomic E-state index is 0.752. The Bertz CT molecular complexity index is 304. The number of likely N-dealkylation sites (tertiary alicyclic amines) is 1. The fourth-order valence-electron chi connectivity index (χ4n) is 1.95. The molecule has 1 saturated heterocycles. The van der Waals surface area contributed by atoms with E-state index in [9.17, 15) is 0 Å². The van der Waals surface area contributed by atoms with Gasteiger partial charge in [0.05, 0.1) is 0 Å². The lowest BCUT2D eigenvalue weighted by molar-refractivity contribution is 0.240. The minimum Gasteiger partial charge on any atom is -0.306 e. The summed E-state index contributed by atoms with van der Waals surface area (Å²) in [4.78, 5) is 2.40. The molecule has 2 aliphatic rings. The summed E-state index contributed by atoms with van der Waals surface area (Å²) in [6.07, 6.45) is 8.79. The molecule has 1 heteroatoms. The van der Waals surface area contributed by atoms with Crippen LogP contribution in [0.15, 0.2) is 35.3 Å². The summed E-state index contributed by atoms with van der Waals surface area (Å²) in [7, 11) is 2.20. The highest BCUT2D eigenvalue weighted by Crippen LogP contribution is 2.25. The molecule has 0 amide bonds. The molecule has 1 aliphatic carbocycles. The van der Waals surface area contributed by atoms with Crippen LogP contribution in [0.3, 0.4) is 0 Å². The van der Waals surface area contributed by atoms with Crippen molar-refractivity contribution in [2.24, 2.45) is 5.92 Å². The molecular weight excluding hydrogens is 158 g/mol. The van der Waals surface area contributed by atoms with Crippen LogP contribution in [0.1, 0.15) is 12.8 Å². The van der Waals surface area contributed by atoms with Gasteiger partial charge in [-0.1, -0.05) is 11.5 Å². The lowest BCUT2D eigenvalue weighted by atomic mass is 9.88. The van der Waals surface area contributed by atoms with E-state index in [1.165, 1.54) is 31.5 Å². The zero-order valence-electron chi connectivity index (χ0n) is 8.09. The molecule has 1 fully saturated rings. The Hall–Kier alpha value is -1.00. The third kappa shape index (κ3) is 2.02. The highest BCUT2D eigenvalue weighted by atomic mass is 15.1. The minimum absolute atomic E-state index is 0.752. The van der Waals surface area contributed by atoms with Crippen LogP contribution >= 0.6 is 0 Å². The van der Waals surface area contributed by atoms with E-state index < -0.39 is 0 Å². The highest BCUT2D eigenvalue weighted by Gasteiger charge is 2.18. The maximum atomic E-state index is 3.03. The van der Waals surface area contributed by atoms with E-state index in [1.54, 1.807) is 0 Å². The van der Waals surface area contributed by atoms with Gasteiger partial charge in [-0.3, -0.25) is 0 Å². The van der Waals surface area contributed by atoms with Crippen molar-refractivity contribution in [2.75, 3.05) is 20.1 Å². The molecule has 0 spiro atoms. The van der Waals surface area contributed by atoms with E-state index in [1.807, 2.05) is 6.08 Å². The van der Waals surface area contributed by atoms with E-state index in [-0.39, 0.29) is 0 Å². The zero-order chi connectivity index (χ0) is 9.10. The van der Waals surface area contributed by atoms with Crippen molar-refractivity contribution >= 4 is 0 Å². The first-order valence-corrected chi connectivity index (χ1v) is 4.92. The largest absolute Gasteiger partial charge is 0.306 e. The summed E-state index contributed by atoms with van der Waals surface area (Å²) < 4.78 is 0. The fourth-order valence-corrected chi connectivity index (χ4v) is 1.95. The molecule has 13 heavy (non-hydrogen) atoms. The van der Waals surface area contributed by atoms with Gasteiger partial charge in [-0.15, -0.1) is 0 Å². The summed E-state index contributed by atoms with van der Waals surface area (Å²) in [5.74, 6) is 0.752. The molecule has 0 aromatic rings. The number of nitrogens with zero attached hydrogens (tertiary/aromatic N) is 1. The Morgan fingerprint density at radius 2 is 2.08 bits per heavy atom. The predicted molar refractivity (Wildman–Crippen MR) is 54.5 cm³/mol. The predicted octanol–water partition coefficient (Wildman–Crippen LogP) is 2.13. The Balaban J connectivity index is 2.00. The van der Waals surface area contributed by atoms with Crippen molar-refractivity contribution in [3.63, 3.8) is 0 Å². The molecule has 0 radical (unpaired) electrons. The molecule has 1 nitrogen and oxygen atoms in total. The molecule has 1 aliphatic heterocycles. The van der Waals surface area contributed by atoms with Crippen LogP contribution in [0.5, 0.6) is 0 Å². The molecule has 2 rings (SSSR count). The van der Waals surface area contributed by atoms with E-state index in [0.29, 0.717) is 0 Å². The SMILES string of the molecule is CN1CCC(C2=CC=C=C=C2)CC1. The van der Waals surface area contributed by atoms with Gasteiger partial charge in [0.2, 0.25) is 0 Å². The molecule has 68 valence electrons. The van der Waals surface area contributed by atoms with Gasteiger partial charge in [-0.2, -0.15) is 0 Å². The van der Waals surface area contributed by atoms with Crippen LogP contribution in [-0.4, -0.2) is 25.0 Å². The lowest BCUT2D eigenvalue weighted by Gasteiger charge is -2.29. The van der Waals surface area contributed by atoms with Gasteiger partial charge in [0.25, 0.3) is 0 Å². The summed E-state index contributed by atoms with van der Waals surface area (Å²) in [6, 6.07) is 0. The van der Waals surface area contributed by atoms with Crippen molar-refractivity contribution in [3.8, 4) is 0 Å². The number of allylic oxidation sites excluding steroid dienone is 4. The van der Waals surface area contributed by atoms with Gasteiger partial charge in [-0.05, 0) is 62.7 Å². The molecule has 0 saturated carbocycles. The van der Waals surface area contributed by atoms with E-state index in [4.69, 9.17) is 0 Å². The maximum absolute atomic E-state index is 3.03. The van der Waals surface area contributed by atoms with Crippen molar-refractivity contribution in [1.82, 2.24) is 4.90 Å². The normalized spacial score (nSPS) is 23.6. The molecule has 0 unspecified atom stereocenters. The van der Waals surface area contributed by atoms with Gasteiger partial charge in [0.1, 0.15) is 0 Å². The average molecular weight is 173 g/mol. The van der Waals surface area contributed by atoms with Gasteiger partial charge in [0.15, 0.2) is 0 Å². The Kier molecular flexibility index (Phi) is 2.52. The van der Waals surface area contributed by atoms with E-state index >= 15 is 0 Å². The third-order valence-corrected chi connectivity index (χ3v) is 2.87. The summed E-state index contributed by atoms with van der Waals surface area (Å²) in [5, 5.41) is 0. The van der Waals surface area contributed by atoms with Crippen LogP contribution in [0.25, 0.3) is 0 Å². The van der Waals surface area contributed by atoms with Gasteiger partial charge in [-0.25, -0.2) is 0 Å². The molecule has 0 aromatic heterocycles. The number of piperidine rings is 1. The topological polar surface area (TPSA) is 3.24 Å². The molecule has 0 aromatic carbocycles. The standard InChI is InChI=1S/C12H15N/c1-13-9-7-12(8-10-13)11-5-3-2-4-6-11/h3,5-6,12H,7-10H2,1H3. The second-order valence-corrected chi connectivity index (χ2v) is 3.84. The first-order valence-electron chi connectivity index (χ1n) is 4.92. The molecular formula is C12H15N. The first-order chi connectivity index (χ1) is 6.36. The Morgan fingerprint density at radius 1 is 1.31 bits per heavy atom. The fraction of sp³-hybridized carbons (Fsp3) is 0.500. The van der Waals surface area contributed by atoms with Crippen molar-refractivity contribution in [2.45, 2.75) is 12.8 Å². The molecule has 0 atom stereocenters. The molecule has 1 heterocycles. The number of hydrogen-bond donors (Lipinski definition) is 0. The number of hydrogen-bond acceptors (Lipinski definition) is 1. The molecule has 0 N–H and O–H groups in total. The monoisotopic (exact) mass is 173 g/mol. The zero-order valence-corrected chi connectivity index (χ0v) is 8.09. The second-order valence-electron chi connectivity index (χ2n) is 3.84. The third-order valence-electron chi connectivity index (χ3n) is 2.87. The van der Waals surface area contributed by atoms with Crippen LogP contribution in [-0.2, 0) is 0 Å². The first kappa shape index (κ1) is 8.59. The summed E-state index contributed by atoms with van der Waals surface area (Å²) >= 11 is 0. The highest BCUT2D eigenvalue weighted by molar-refractivity contribution is 5.29. The van der Waals surface area contributed by atoms with E-state index in [0.717, 1.165) is 5.92 Å². The van der Waals surface area contributed by atoms with E-state index in [2.05, 4.69) is 35.6 Å². The smallest absolute Gasteiger partial charge is 0.00159 e. The Morgan fingerprint density at radius 3 is 2.69 bits per heavy atom. The van der Waals surface area contributed by atoms with Crippen LogP contribution in [0, 0.1) is 5.92 Å². The van der Waals surface area contributed by atoms with Gasteiger partial charge in [0, 0.05) is 0 Å². The van der Waals surface area contributed by atoms with Crippen LogP contribution in [0.2, 0.25) is 0 Å². The maximum Gasteiger partial charge on any atom is -0.00159 e. The van der Waals surface area contributed by atoms with Crippen molar-refractivity contribution in [1.29, 1.82) is 0 Å². The van der Waals surface area contributed by atoms with Gasteiger partial charge >= 0.3 is 0 Å². The average Bonchev–Trinajstić information content (AvgIpc) is 2.20. The van der Waals surface area contributed by atoms with Crippen molar-refractivity contribution in [3.05, 3.63) is 35.3 Å². The van der Waals surface area contributed by atoms with Crippen LogP contribution in [0.4, 0.5) is 0 Å². The summed E-state index contributed by atoms with van der Waals surface area (Å²) in [6.45, 7) is 2.45. The summed E-state index contributed by atoms with van der Waals surface area (Å²) in [5.41, 5.74) is 7.41. The Labute approximate surface area is 79.7 Å². The second kappa shape index (κ2) is 3.81. The number of rotatable bonds is 1. The lowest BCUT2D eigenvalue weighted by Crippen LogP contribution is -2.30. The van der Waals surface area contributed by atoms with Crippen molar-refractivity contribution < 1.29 is 0 Å². The van der Waals surface area contributed by atoms with Crippen LogP contribution < -0.4 is 0 Å².